The summed E-state index contributed by atoms with van der Waals surface area (Å²) in [6.45, 7) is 0. The third-order valence-electron chi connectivity index (χ3n) is 3.95. The van der Waals surface area contributed by atoms with Crippen molar-refractivity contribution in [1.82, 2.24) is 9.55 Å². The smallest absolute Gasteiger partial charge is 0.297 e. The molecule has 1 saturated carbocycles. The fraction of sp³-hybridized carbons (Fsp3) is 0.333. The van der Waals surface area contributed by atoms with Crippen LogP contribution in [0.1, 0.15) is 37.2 Å². The van der Waals surface area contributed by atoms with E-state index in [2.05, 4.69) is 27.6 Å². The van der Waals surface area contributed by atoms with Crippen LogP contribution in [0.2, 0.25) is 5.15 Å². The molecule has 1 aliphatic carbocycles. The maximum absolute atomic E-state index is 12.8. The molecule has 0 unspecified atom stereocenters. The molecular weight excluding hydrogens is 403 g/mol. The third kappa shape index (κ3) is 2.68. The summed E-state index contributed by atoms with van der Waals surface area (Å²) in [6, 6.07) is 7.32. The summed E-state index contributed by atoms with van der Waals surface area (Å²) in [7, 11) is 0. The molecular formula is C15H14ClIN2O2. The minimum absolute atomic E-state index is 0.148. The fourth-order valence-electron chi connectivity index (χ4n) is 2.94. The average molecular weight is 417 g/mol. The number of nitrogens with zero attached hydrogens (tertiary/aromatic N) is 1. The lowest BCUT2D eigenvalue weighted by Crippen LogP contribution is -2.37. The van der Waals surface area contributed by atoms with E-state index in [4.69, 9.17) is 11.6 Å². The van der Waals surface area contributed by atoms with Crippen LogP contribution in [0.15, 0.2) is 33.9 Å². The summed E-state index contributed by atoms with van der Waals surface area (Å²) < 4.78 is 2.05. The van der Waals surface area contributed by atoms with Crippen molar-refractivity contribution in [2.24, 2.45) is 0 Å². The molecule has 110 valence electrons. The predicted molar refractivity (Wildman–Crippen MR) is 91.6 cm³/mol. The van der Waals surface area contributed by atoms with Crippen molar-refractivity contribution < 1.29 is 0 Å². The van der Waals surface area contributed by atoms with Gasteiger partial charge in [0.15, 0.2) is 0 Å². The van der Waals surface area contributed by atoms with Crippen molar-refractivity contribution in [3.8, 4) is 5.69 Å². The van der Waals surface area contributed by atoms with Gasteiger partial charge in [-0.1, -0.05) is 36.6 Å². The van der Waals surface area contributed by atoms with Crippen molar-refractivity contribution in [3.05, 3.63) is 59.4 Å². The first-order chi connectivity index (χ1) is 10.1. The molecule has 1 fully saturated rings. The van der Waals surface area contributed by atoms with Gasteiger partial charge in [0.05, 0.1) is 11.3 Å². The van der Waals surface area contributed by atoms with Crippen molar-refractivity contribution in [1.29, 1.82) is 0 Å². The van der Waals surface area contributed by atoms with Crippen molar-refractivity contribution in [3.63, 3.8) is 0 Å². The number of halogens is 2. The molecule has 0 aliphatic heterocycles. The van der Waals surface area contributed by atoms with Gasteiger partial charge in [0.1, 0.15) is 5.15 Å². The highest BCUT2D eigenvalue weighted by Gasteiger charge is 2.25. The number of para-hydroxylation sites is 1. The van der Waals surface area contributed by atoms with Crippen molar-refractivity contribution in [2.75, 3.05) is 0 Å². The standard InChI is InChI=1S/C15H14ClIN2O2/c16-13-12(9-5-1-2-6-9)14(20)19(15(21)18-13)11-8-4-3-7-10(11)17/h3-4,7-9H,1-2,5-6H2,(H,18,21). The fourth-order valence-corrected chi connectivity index (χ4v) is 3.89. The normalized spacial score (nSPS) is 15.5. The molecule has 1 N–H and O–H groups in total. The zero-order valence-corrected chi connectivity index (χ0v) is 14.1. The minimum Gasteiger partial charge on any atom is -0.297 e. The maximum Gasteiger partial charge on any atom is 0.334 e. The number of aromatic amines is 1. The molecule has 0 amide bonds. The van der Waals surface area contributed by atoms with E-state index in [1.807, 2.05) is 18.2 Å². The summed E-state index contributed by atoms with van der Waals surface area (Å²) >= 11 is 8.26. The van der Waals surface area contributed by atoms with Crippen LogP contribution in [0.3, 0.4) is 0 Å². The van der Waals surface area contributed by atoms with Gasteiger partial charge < -0.3 is 0 Å². The van der Waals surface area contributed by atoms with Gasteiger partial charge in [-0.3, -0.25) is 9.78 Å². The number of aromatic nitrogens is 2. The van der Waals surface area contributed by atoms with E-state index in [1.165, 1.54) is 4.57 Å². The van der Waals surface area contributed by atoms with Gasteiger partial charge in [0.2, 0.25) is 0 Å². The Morgan fingerprint density at radius 1 is 1.19 bits per heavy atom. The largest absolute Gasteiger partial charge is 0.334 e. The molecule has 4 nitrogen and oxygen atoms in total. The molecule has 0 radical (unpaired) electrons. The monoisotopic (exact) mass is 416 g/mol. The molecule has 1 aromatic carbocycles. The number of H-pyrrole nitrogens is 1. The molecule has 0 spiro atoms. The number of rotatable bonds is 2. The highest BCUT2D eigenvalue weighted by atomic mass is 127. The van der Waals surface area contributed by atoms with Gasteiger partial charge in [-0.15, -0.1) is 0 Å². The van der Waals surface area contributed by atoms with E-state index in [1.54, 1.807) is 6.07 Å². The maximum atomic E-state index is 12.8. The third-order valence-corrected chi connectivity index (χ3v) is 5.16. The van der Waals surface area contributed by atoms with E-state index >= 15 is 0 Å². The number of hydrogen-bond donors (Lipinski definition) is 1. The Balaban J connectivity index is 2.27. The van der Waals surface area contributed by atoms with Crippen LogP contribution in [0, 0.1) is 3.57 Å². The Bertz CT molecular complexity index is 791. The molecule has 1 aromatic heterocycles. The Hall–Kier alpha value is -1.08. The van der Waals surface area contributed by atoms with Gasteiger partial charge in [0.25, 0.3) is 5.56 Å². The van der Waals surface area contributed by atoms with Gasteiger partial charge in [-0.25, -0.2) is 9.36 Å². The van der Waals surface area contributed by atoms with Crippen molar-refractivity contribution >= 4 is 34.2 Å². The summed E-state index contributed by atoms with van der Waals surface area (Å²) in [5.74, 6) is 0.148. The number of benzene rings is 1. The lowest BCUT2D eigenvalue weighted by molar-refractivity contribution is 0.688. The molecule has 1 aliphatic rings. The van der Waals surface area contributed by atoms with Gasteiger partial charge in [0, 0.05) is 3.57 Å². The van der Waals surface area contributed by atoms with Crippen LogP contribution < -0.4 is 11.2 Å². The zero-order valence-electron chi connectivity index (χ0n) is 11.2. The first-order valence-corrected chi connectivity index (χ1v) is 8.35. The topological polar surface area (TPSA) is 54.9 Å². The van der Waals surface area contributed by atoms with Crippen LogP contribution >= 0.6 is 34.2 Å². The zero-order chi connectivity index (χ0) is 15.0. The van der Waals surface area contributed by atoms with E-state index in [-0.39, 0.29) is 16.6 Å². The van der Waals surface area contributed by atoms with E-state index in [0.717, 1.165) is 29.3 Å². The second-order valence-corrected chi connectivity index (χ2v) is 6.77. The summed E-state index contributed by atoms with van der Waals surface area (Å²) in [5, 5.41) is 0.194. The molecule has 1 heterocycles. The molecule has 0 bridgehead atoms. The van der Waals surface area contributed by atoms with Gasteiger partial charge in [-0.2, -0.15) is 0 Å². The van der Waals surface area contributed by atoms with E-state index in [0.29, 0.717) is 11.3 Å². The molecule has 21 heavy (non-hydrogen) atoms. The number of nitrogens with one attached hydrogen (secondary N) is 1. The van der Waals surface area contributed by atoms with E-state index < -0.39 is 5.69 Å². The lowest BCUT2D eigenvalue weighted by atomic mass is 10.0. The summed E-state index contributed by atoms with van der Waals surface area (Å²) in [6.07, 6.45) is 4.10. The van der Waals surface area contributed by atoms with Crippen LogP contribution in [0.5, 0.6) is 0 Å². The van der Waals surface area contributed by atoms with Gasteiger partial charge in [-0.05, 0) is 53.5 Å². The minimum atomic E-state index is -0.490. The predicted octanol–water partition coefficient (Wildman–Crippen LogP) is 3.44. The highest BCUT2D eigenvalue weighted by Crippen LogP contribution is 2.34. The van der Waals surface area contributed by atoms with Gasteiger partial charge >= 0.3 is 5.69 Å². The van der Waals surface area contributed by atoms with Crippen LogP contribution in [-0.4, -0.2) is 9.55 Å². The number of hydrogen-bond acceptors (Lipinski definition) is 2. The second kappa shape index (κ2) is 5.96. The first-order valence-electron chi connectivity index (χ1n) is 6.89. The molecule has 3 rings (SSSR count). The Morgan fingerprint density at radius 3 is 2.52 bits per heavy atom. The van der Waals surface area contributed by atoms with Crippen LogP contribution in [-0.2, 0) is 0 Å². The Kier molecular flexibility index (Phi) is 4.21. The SMILES string of the molecule is O=c1[nH]c(Cl)c(C2CCCC2)c(=O)n1-c1ccccc1I. The molecule has 6 heteroatoms. The quantitative estimate of drug-likeness (QED) is 0.602. The van der Waals surface area contributed by atoms with Crippen LogP contribution in [0.4, 0.5) is 0 Å². The summed E-state index contributed by atoms with van der Waals surface area (Å²) in [5.41, 5.74) is 0.365. The first kappa shape index (κ1) is 14.8. The Morgan fingerprint density at radius 2 is 1.86 bits per heavy atom. The lowest BCUT2D eigenvalue weighted by Gasteiger charge is -2.14. The molecule has 0 saturated heterocycles. The average Bonchev–Trinajstić information content (AvgIpc) is 2.94. The summed E-state index contributed by atoms with van der Waals surface area (Å²) in [4.78, 5) is 27.6. The Labute approximate surface area is 140 Å². The van der Waals surface area contributed by atoms with Crippen LogP contribution in [0.25, 0.3) is 5.69 Å². The van der Waals surface area contributed by atoms with Crippen molar-refractivity contribution in [2.45, 2.75) is 31.6 Å². The molecule has 2 aromatic rings. The molecule has 0 atom stereocenters. The second-order valence-electron chi connectivity index (χ2n) is 5.23. The highest BCUT2D eigenvalue weighted by molar-refractivity contribution is 14.1. The van der Waals surface area contributed by atoms with E-state index in [9.17, 15) is 9.59 Å².